The first kappa shape index (κ1) is 56.6. The van der Waals surface area contributed by atoms with Gasteiger partial charge in [-0.05, 0) is 82.7 Å². The summed E-state index contributed by atoms with van der Waals surface area (Å²) in [5, 5.41) is 13.9. The third-order valence-corrected chi connectivity index (χ3v) is 14.1. The Balaban J connectivity index is 0.000000196. The molecule has 17 nitrogen and oxygen atoms in total. The van der Waals surface area contributed by atoms with Crippen LogP contribution >= 0.6 is 0 Å². The van der Waals surface area contributed by atoms with Gasteiger partial charge in [0.15, 0.2) is 22.3 Å². The minimum absolute atomic E-state index is 0.0569. The van der Waals surface area contributed by atoms with E-state index in [9.17, 15) is 29.1 Å². The topological polar surface area (TPSA) is 205 Å². The highest BCUT2D eigenvalue weighted by Gasteiger charge is 2.22. The second-order valence-corrected chi connectivity index (χ2v) is 20.9. The second-order valence-electron chi connectivity index (χ2n) is 20.9. The predicted molar refractivity (Wildman–Crippen MR) is 313 cm³/mol. The van der Waals surface area contributed by atoms with E-state index in [0.29, 0.717) is 67.3 Å². The van der Waals surface area contributed by atoms with Crippen LogP contribution in [0.1, 0.15) is 79.6 Å². The molecule has 0 atom stereocenters. The van der Waals surface area contributed by atoms with Crippen LogP contribution in [-0.2, 0) is 88.8 Å². The molecule has 17 heteroatoms. The van der Waals surface area contributed by atoms with Crippen molar-refractivity contribution in [2.24, 2.45) is 25.9 Å². The minimum atomic E-state index is -0.486. The molecule has 4 heterocycles. The van der Waals surface area contributed by atoms with Gasteiger partial charge in [-0.2, -0.15) is 0 Å². The summed E-state index contributed by atoms with van der Waals surface area (Å²) in [6, 6.07) is 43.2. The van der Waals surface area contributed by atoms with Gasteiger partial charge in [0.25, 0.3) is 11.1 Å². The highest BCUT2D eigenvalue weighted by Crippen LogP contribution is 2.29. The van der Waals surface area contributed by atoms with Crippen LogP contribution in [0.15, 0.2) is 153 Å². The summed E-state index contributed by atoms with van der Waals surface area (Å²) < 4.78 is 23.1. The average Bonchev–Trinajstić information content (AvgIpc) is 3.58. The number of aliphatic hydroxyl groups excluding tert-OH is 1. The Morgan fingerprint density at radius 3 is 1.31 bits per heavy atom. The number of rotatable bonds is 19. The number of carbonyl (C=O) groups excluding carboxylic acids is 1. The molecule has 81 heavy (non-hydrogen) atoms. The van der Waals surface area contributed by atoms with Crippen molar-refractivity contribution in [1.82, 2.24) is 38.2 Å². The molecule has 10 rings (SSSR count). The average molecular weight is 1090 g/mol. The van der Waals surface area contributed by atoms with Gasteiger partial charge in [-0.1, -0.05) is 149 Å². The van der Waals surface area contributed by atoms with Gasteiger partial charge in [0.1, 0.15) is 42.7 Å². The van der Waals surface area contributed by atoms with Crippen LogP contribution in [0.2, 0.25) is 0 Å². The maximum absolute atomic E-state index is 13.2. The van der Waals surface area contributed by atoms with Crippen molar-refractivity contribution >= 4 is 49.8 Å². The lowest BCUT2D eigenvalue weighted by molar-refractivity contribution is -0.142. The van der Waals surface area contributed by atoms with E-state index >= 15 is 0 Å². The van der Waals surface area contributed by atoms with E-state index in [-0.39, 0.29) is 66.6 Å². The van der Waals surface area contributed by atoms with Gasteiger partial charge in [0.05, 0.1) is 18.0 Å². The number of aliphatic hydroxyl groups is 1. The van der Waals surface area contributed by atoms with E-state index < -0.39 is 22.5 Å². The van der Waals surface area contributed by atoms with E-state index in [1.165, 1.54) is 30.2 Å². The van der Waals surface area contributed by atoms with E-state index in [4.69, 9.17) is 34.1 Å². The zero-order valence-electron chi connectivity index (χ0n) is 46.7. The van der Waals surface area contributed by atoms with Gasteiger partial charge in [-0.25, -0.2) is 29.5 Å². The minimum Gasteiger partial charge on any atom is -0.487 e. The van der Waals surface area contributed by atoms with Crippen LogP contribution in [0.4, 0.5) is 0 Å². The number of nitrogens with zero attached hydrogens (tertiary/aromatic N) is 8. The normalized spacial score (nSPS) is 11.4. The van der Waals surface area contributed by atoms with Gasteiger partial charge in [-0.15, -0.1) is 0 Å². The SMILES string of the molecule is CC(=O)OCc1ccccc1CCc1nc2c(=O)n(C)c(=O)n(CC(C)C)c2nc1COc1cccc2ccccc12.CC(C)Cn1c(=O)n(C)c(=O)c2nc(CCc3ccccc3CO)c(COc3cccc4ccccc34)nc21. The van der Waals surface area contributed by atoms with E-state index in [0.717, 1.165) is 58.7 Å². The fourth-order valence-corrected chi connectivity index (χ4v) is 9.90. The van der Waals surface area contributed by atoms with Crippen molar-refractivity contribution in [3.63, 3.8) is 0 Å². The lowest BCUT2D eigenvalue weighted by Gasteiger charge is -2.17. The Bertz CT molecular complexity index is 4190. The number of hydrogen-bond donors (Lipinski definition) is 1. The first-order chi connectivity index (χ1) is 39.1. The predicted octanol–water partition coefficient (Wildman–Crippen LogP) is 8.88. The molecule has 0 aliphatic carbocycles. The number of aromatic nitrogens is 8. The van der Waals surface area contributed by atoms with Crippen LogP contribution < -0.4 is 32.0 Å². The molecule has 0 amide bonds. The standard InChI is InChI=1S/C33H34N4O5.C31H32N4O4/c1-21(2)18-37-31-30(32(39)36(4)33(37)40)34-27(17-16-23-10-5-6-12-25(23)19-41-22(3)38)28(35-31)20-42-29-15-9-13-24-11-7-8-14-26(24)29;1-20(2)17-35-29-28(30(37)34(3)31(35)38)32-25(16-15-21-9-4-5-11-23(21)18-36)26(33-29)19-39-27-14-8-12-22-10-6-7-13-24(22)27/h5-15,21H,16-20H2,1-4H3;4-14,20,36H,15-19H2,1-3H3. The molecule has 0 aliphatic heterocycles. The first-order valence-electron chi connectivity index (χ1n) is 27.2. The fraction of sp³-hybridized carbons (Fsp3) is 0.297. The molecule has 0 saturated heterocycles. The molecular formula is C64H66N8O9. The van der Waals surface area contributed by atoms with Crippen molar-refractivity contribution in [3.05, 3.63) is 220 Å². The molecule has 0 saturated carbocycles. The third-order valence-electron chi connectivity index (χ3n) is 14.1. The molecule has 1 N–H and O–H groups in total. The van der Waals surface area contributed by atoms with Gasteiger partial charge >= 0.3 is 17.3 Å². The third kappa shape index (κ3) is 12.8. The summed E-state index contributed by atoms with van der Waals surface area (Å²) in [4.78, 5) is 83.3. The summed E-state index contributed by atoms with van der Waals surface area (Å²) in [5.41, 5.74) is 5.15. The zero-order valence-corrected chi connectivity index (χ0v) is 46.7. The first-order valence-corrected chi connectivity index (χ1v) is 27.2. The van der Waals surface area contributed by atoms with Crippen LogP contribution in [0.5, 0.6) is 11.5 Å². The molecule has 0 fully saturated rings. The monoisotopic (exact) mass is 1090 g/mol. The highest BCUT2D eigenvalue weighted by atomic mass is 16.5. The van der Waals surface area contributed by atoms with Crippen molar-refractivity contribution < 1.29 is 24.1 Å². The zero-order chi connectivity index (χ0) is 57.3. The Morgan fingerprint density at radius 1 is 0.481 bits per heavy atom. The molecule has 416 valence electrons. The largest absolute Gasteiger partial charge is 0.487 e. The van der Waals surface area contributed by atoms with E-state index in [1.807, 2.05) is 161 Å². The van der Waals surface area contributed by atoms with Gasteiger partial charge in [-0.3, -0.25) is 32.7 Å². The molecule has 4 aromatic heterocycles. The molecule has 0 aliphatic rings. The summed E-state index contributed by atoms with van der Waals surface area (Å²) in [5.74, 6) is 1.39. The number of esters is 1. The van der Waals surface area contributed by atoms with Gasteiger partial charge in [0.2, 0.25) is 0 Å². The lowest BCUT2D eigenvalue weighted by atomic mass is 10.0. The van der Waals surface area contributed by atoms with Crippen molar-refractivity contribution in [2.75, 3.05) is 0 Å². The summed E-state index contributed by atoms with van der Waals surface area (Å²) in [6.45, 7) is 10.6. The van der Waals surface area contributed by atoms with Crippen LogP contribution in [0.3, 0.4) is 0 Å². The number of benzene rings is 6. The van der Waals surface area contributed by atoms with Crippen LogP contribution in [0, 0.1) is 11.8 Å². The van der Waals surface area contributed by atoms with Crippen LogP contribution in [-0.4, -0.2) is 49.3 Å². The summed E-state index contributed by atoms with van der Waals surface area (Å²) >= 11 is 0. The summed E-state index contributed by atoms with van der Waals surface area (Å²) in [7, 11) is 2.93. The highest BCUT2D eigenvalue weighted by molar-refractivity contribution is 5.89. The van der Waals surface area contributed by atoms with Gasteiger partial charge < -0.3 is 19.3 Å². The molecule has 6 aromatic carbocycles. The molecule has 10 aromatic rings. The Morgan fingerprint density at radius 2 is 0.877 bits per heavy atom. The molecular weight excluding hydrogens is 1020 g/mol. The second kappa shape index (κ2) is 25.4. The summed E-state index contributed by atoms with van der Waals surface area (Å²) in [6.07, 6.45) is 2.12. The van der Waals surface area contributed by atoms with Crippen molar-refractivity contribution in [3.8, 4) is 11.5 Å². The van der Waals surface area contributed by atoms with Gasteiger partial charge in [0, 0.05) is 44.9 Å². The van der Waals surface area contributed by atoms with Crippen molar-refractivity contribution in [1.29, 1.82) is 0 Å². The number of fused-ring (bicyclic) bond motifs is 4. The van der Waals surface area contributed by atoms with Crippen LogP contribution in [0.25, 0.3) is 43.9 Å². The molecule has 0 radical (unpaired) electrons. The molecule has 0 unspecified atom stereocenters. The quantitative estimate of drug-likeness (QED) is 0.0753. The maximum atomic E-state index is 13.2. The number of aryl methyl sites for hydroxylation is 4. The maximum Gasteiger partial charge on any atom is 0.332 e. The number of ether oxygens (including phenoxy) is 3. The Labute approximate surface area is 467 Å². The molecule has 0 bridgehead atoms. The number of hydrogen-bond acceptors (Lipinski definition) is 13. The van der Waals surface area contributed by atoms with E-state index in [2.05, 4.69) is 0 Å². The Hall–Kier alpha value is -9.09. The smallest absolute Gasteiger partial charge is 0.332 e. The Kier molecular flexibility index (Phi) is 17.7. The van der Waals surface area contributed by atoms with Crippen molar-refractivity contribution in [2.45, 2.75) is 99.8 Å². The fourth-order valence-electron chi connectivity index (χ4n) is 9.90. The number of carbonyl (C=O) groups is 1. The van der Waals surface area contributed by atoms with E-state index in [1.54, 1.807) is 0 Å². The lowest BCUT2D eigenvalue weighted by Crippen LogP contribution is -2.40. The molecule has 0 spiro atoms.